The van der Waals surface area contributed by atoms with E-state index < -0.39 is 39.4 Å². The van der Waals surface area contributed by atoms with Gasteiger partial charge in [0.05, 0.1) is 10.6 Å². The van der Waals surface area contributed by atoms with Crippen LogP contribution < -0.4 is 9.64 Å². The molecular weight excluding hydrogens is 452 g/mol. The Labute approximate surface area is 193 Å². The van der Waals surface area contributed by atoms with Gasteiger partial charge in [0.2, 0.25) is 5.83 Å². The third-order valence-electron chi connectivity index (χ3n) is 6.03. The monoisotopic (exact) mass is 481 g/mol. The molecule has 1 unspecified atom stereocenters. The number of carboxylic acid groups (broad SMARTS) is 1. The van der Waals surface area contributed by atoms with E-state index >= 15 is 0 Å². The molecule has 0 amide bonds. The van der Waals surface area contributed by atoms with Crippen molar-refractivity contribution in [3.05, 3.63) is 60.4 Å². The molecule has 0 radical (unpaired) electrons. The summed E-state index contributed by atoms with van der Waals surface area (Å²) in [5.41, 5.74) is 0.631. The number of ether oxygens (including phenoxy) is 1. The number of hydrogen-bond acceptors (Lipinski definition) is 5. The first-order chi connectivity index (χ1) is 15.6. The second kappa shape index (κ2) is 10.1. The van der Waals surface area contributed by atoms with Crippen LogP contribution in [0.4, 0.5) is 20.2 Å². The van der Waals surface area contributed by atoms with Crippen molar-refractivity contribution in [2.45, 2.75) is 44.4 Å². The van der Waals surface area contributed by atoms with Crippen LogP contribution in [0.2, 0.25) is 0 Å². The third kappa shape index (κ3) is 5.48. The van der Waals surface area contributed by atoms with Gasteiger partial charge in [0.1, 0.15) is 6.26 Å². The van der Waals surface area contributed by atoms with Crippen LogP contribution in [0.25, 0.3) is 0 Å². The van der Waals surface area contributed by atoms with Gasteiger partial charge >= 0.3 is 5.97 Å². The number of halogens is 2. The number of hydrogen-bond donors (Lipinski definition) is 3. The number of carbonyl (C=O) groups is 1. The highest BCUT2D eigenvalue weighted by Crippen LogP contribution is 2.61. The normalized spacial score (nSPS) is 21.2. The Balaban J connectivity index is 2.17. The number of fused-ring (bicyclic) bond motifs is 1. The first-order valence-electron chi connectivity index (χ1n) is 10.8. The van der Waals surface area contributed by atoms with E-state index in [4.69, 9.17) is 9.84 Å². The molecule has 3 N–H and O–H groups in total. The third-order valence-corrected chi connectivity index (χ3v) is 8.08. The van der Waals surface area contributed by atoms with Gasteiger partial charge < -0.3 is 14.7 Å². The summed E-state index contributed by atoms with van der Waals surface area (Å²) < 4.78 is 55.8. The van der Waals surface area contributed by atoms with Gasteiger partial charge in [-0.15, -0.1) is 0 Å². The van der Waals surface area contributed by atoms with Crippen molar-refractivity contribution in [1.82, 2.24) is 0 Å². The van der Waals surface area contributed by atoms with E-state index in [9.17, 15) is 22.7 Å². The highest BCUT2D eigenvalue weighted by molar-refractivity contribution is 8.24. The van der Waals surface area contributed by atoms with Crippen molar-refractivity contribution >= 4 is 27.9 Å². The largest absolute Gasteiger partial charge is 0.476 e. The van der Waals surface area contributed by atoms with Gasteiger partial charge in [-0.25, -0.2) is 9.18 Å². The van der Waals surface area contributed by atoms with Crippen LogP contribution in [0.15, 0.2) is 59.4 Å². The lowest BCUT2D eigenvalue weighted by Gasteiger charge is -2.41. The van der Waals surface area contributed by atoms with Crippen molar-refractivity contribution in [2.75, 3.05) is 17.2 Å². The van der Waals surface area contributed by atoms with E-state index in [1.54, 1.807) is 0 Å². The Morgan fingerprint density at radius 2 is 1.94 bits per heavy atom. The summed E-state index contributed by atoms with van der Waals surface area (Å²) in [4.78, 5) is 12.6. The summed E-state index contributed by atoms with van der Waals surface area (Å²) in [5, 5.41) is 8.66. The number of anilines is 2. The summed E-state index contributed by atoms with van der Waals surface area (Å²) in [6.07, 6.45) is 3.60. The van der Waals surface area contributed by atoms with Crippen LogP contribution in [-0.2, 0) is 4.79 Å². The van der Waals surface area contributed by atoms with Crippen LogP contribution >= 0.6 is 10.6 Å². The molecule has 0 aromatic heterocycles. The fourth-order valence-corrected chi connectivity index (χ4v) is 6.40. The van der Waals surface area contributed by atoms with Gasteiger partial charge in [-0.2, -0.15) is 15.0 Å². The van der Waals surface area contributed by atoms with Gasteiger partial charge in [0.15, 0.2) is 11.6 Å². The summed E-state index contributed by atoms with van der Waals surface area (Å²) in [5.74, 6) is -4.73. The van der Waals surface area contributed by atoms with Crippen LogP contribution in [0.1, 0.15) is 39.5 Å². The van der Waals surface area contributed by atoms with Crippen molar-refractivity contribution in [3.8, 4) is 5.75 Å². The number of aliphatic carboxylic acids is 1. The average Bonchev–Trinajstić information content (AvgIpc) is 2.88. The minimum atomic E-state index is -3.38. The Morgan fingerprint density at radius 3 is 2.55 bits per heavy atom. The lowest BCUT2D eigenvalue weighted by molar-refractivity contribution is -0.134. The predicted molar refractivity (Wildman–Crippen MR) is 126 cm³/mol. The molecule has 0 saturated carbocycles. The average molecular weight is 482 g/mol. The Bertz CT molecular complexity index is 1030. The maximum absolute atomic E-state index is 15.0. The van der Waals surface area contributed by atoms with Crippen LogP contribution in [0.3, 0.4) is 0 Å². The molecule has 180 valence electrons. The lowest BCUT2D eigenvalue weighted by Crippen LogP contribution is -2.37. The molecule has 2 aromatic rings. The van der Waals surface area contributed by atoms with Crippen molar-refractivity contribution < 1.29 is 32.5 Å². The molecule has 33 heavy (non-hydrogen) atoms. The van der Waals surface area contributed by atoms with Gasteiger partial charge in [-0.1, -0.05) is 44.9 Å². The molecule has 1 atom stereocenters. The quantitative estimate of drug-likeness (QED) is 0.279. The van der Waals surface area contributed by atoms with E-state index in [-0.39, 0.29) is 16.9 Å². The molecule has 0 bridgehead atoms. The van der Waals surface area contributed by atoms with E-state index in [0.717, 1.165) is 37.1 Å². The number of para-hydroxylation sites is 1. The zero-order valence-electron chi connectivity index (χ0n) is 18.6. The zero-order chi connectivity index (χ0) is 24.2. The van der Waals surface area contributed by atoms with Crippen LogP contribution in [-0.4, -0.2) is 32.5 Å². The number of nitrogens with zero attached hydrogens (tertiary/aromatic N) is 1. The molecule has 3 rings (SSSR count). The van der Waals surface area contributed by atoms with Crippen molar-refractivity contribution in [2.24, 2.45) is 5.41 Å². The molecule has 0 saturated heterocycles. The first-order valence-corrected chi connectivity index (χ1v) is 12.5. The molecule has 2 aromatic carbocycles. The number of unbranched alkanes of at least 4 members (excludes halogenated alkanes) is 1. The molecule has 1 heterocycles. The second-order valence-corrected chi connectivity index (χ2v) is 10.4. The summed E-state index contributed by atoms with van der Waals surface area (Å²) >= 11 is 0. The summed E-state index contributed by atoms with van der Waals surface area (Å²) in [6.45, 7) is 4.55. The Morgan fingerprint density at radius 1 is 1.24 bits per heavy atom. The summed E-state index contributed by atoms with van der Waals surface area (Å²) in [7, 11) is -3.38. The van der Waals surface area contributed by atoms with E-state index in [1.165, 1.54) is 0 Å². The molecule has 1 aliphatic rings. The molecule has 9 heteroatoms. The molecule has 0 spiro atoms. The van der Waals surface area contributed by atoms with Crippen molar-refractivity contribution in [1.29, 1.82) is 0 Å². The fraction of sp³-hybridized carbons (Fsp3) is 0.375. The highest BCUT2D eigenvalue weighted by atomic mass is 32.3. The van der Waals surface area contributed by atoms with Crippen LogP contribution in [0.5, 0.6) is 5.75 Å². The fourth-order valence-electron chi connectivity index (χ4n) is 4.16. The highest BCUT2D eigenvalue weighted by Gasteiger charge is 2.42. The van der Waals surface area contributed by atoms with Gasteiger partial charge in [-0.05, 0) is 25.0 Å². The molecular formula is C24H29F2NO5S. The molecule has 6 nitrogen and oxygen atoms in total. The second-order valence-electron chi connectivity index (χ2n) is 8.33. The Hall–Kier alpha value is -2.62. The van der Waals surface area contributed by atoms with Gasteiger partial charge in [0, 0.05) is 35.5 Å². The molecule has 1 aliphatic heterocycles. The number of carboxylic acids is 1. The number of benzene rings is 2. The SMILES string of the molecule is CCCCC1(CC)CN(c2ccccc2)c2cc(F)c(O/C=C(\F)C(=O)O)cc2S(O)(O)C1. The van der Waals surface area contributed by atoms with E-state index in [2.05, 4.69) is 6.92 Å². The Kier molecular flexibility index (Phi) is 7.66. The predicted octanol–water partition coefficient (Wildman–Crippen LogP) is 6.95. The van der Waals surface area contributed by atoms with Gasteiger partial charge in [0.25, 0.3) is 0 Å². The molecule has 0 fully saturated rings. The standard InChI is InChI=1S/C24H29F2NO5S/c1-3-5-11-24(4-2)15-27(17-9-7-6-8-10-17)20-12-18(25)21(32-14-19(26)23(28)29)13-22(20)33(30,31)16-24/h6-10,12-14,30-31H,3-5,11,15-16H2,1-2H3,(H,28,29)/b19-14-. The van der Waals surface area contributed by atoms with Crippen molar-refractivity contribution in [3.63, 3.8) is 0 Å². The lowest BCUT2D eigenvalue weighted by atomic mass is 9.81. The minimum absolute atomic E-state index is 0.0821. The first kappa shape index (κ1) is 25.0. The van der Waals surface area contributed by atoms with Crippen LogP contribution in [0, 0.1) is 11.2 Å². The summed E-state index contributed by atoms with van der Waals surface area (Å²) in [6, 6.07) is 11.6. The zero-order valence-corrected chi connectivity index (χ0v) is 19.4. The van der Waals surface area contributed by atoms with E-state index in [0.29, 0.717) is 18.7 Å². The minimum Gasteiger partial charge on any atom is -0.476 e. The maximum atomic E-state index is 15.0. The van der Waals surface area contributed by atoms with Gasteiger partial charge in [-0.3, -0.25) is 9.11 Å². The topological polar surface area (TPSA) is 90.2 Å². The smallest absolute Gasteiger partial charge is 0.368 e. The molecule has 0 aliphatic carbocycles. The maximum Gasteiger partial charge on any atom is 0.368 e. The number of rotatable bonds is 8. The van der Waals surface area contributed by atoms with E-state index in [1.807, 2.05) is 42.2 Å².